The number of nitrogens with two attached hydrogens (primary N) is 1. The minimum absolute atomic E-state index is 0.315. The summed E-state index contributed by atoms with van der Waals surface area (Å²) in [6, 6.07) is 0.789. The zero-order valence-corrected chi connectivity index (χ0v) is 14.0. The van der Waals surface area contributed by atoms with Crippen molar-refractivity contribution in [1.82, 2.24) is 4.90 Å². The lowest BCUT2D eigenvalue weighted by Crippen LogP contribution is -2.58. The molecule has 2 saturated carbocycles. The molecule has 0 aromatic rings. The second-order valence-electron chi connectivity index (χ2n) is 7.69. The first-order valence-corrected chi connectivity index (χ1v) is 9.04. The predicted molar refractivity (Wildman–Crippen MR) is 87.8 cm³/mol. The van der Waals surface area contributed by atoms with Gasteiger partial charge in [0.1, 0.15) is 0 Å². The minimum Gasteiger partial charge on any atom is -0.329 e. The fourth-order valence-corrected chi connectivity index (χ4v) is 4.63. The standard InChI is InChI=1S/C18H36N2/c1-4-5-16-10-12-18(14-19,13-11-16)20(3)17-8-6-15(2)7-9-17/h15-17H,4-14,19H2,1-3H3. The number of hydrogen-bond acceptors (Lipinski definition) is 2. The van der Waals surface area contributed by atoms with Crippen molar-refractivity contribution in [2.75, 3.05) is 13.6 Å². The van der Waals surface area contributed by atoms with Crippen LogP contribution < -0.4 is 5.73 Å². The van der Waals surface area contributed by atoms with Crippen LogP contribution in [0, 0.1) is 11.8 Å². The SMILES string of the molecule is CCCC1CCC(CN)(N(C)C2CCC(C)CC2)CC1. The molecule has 0 aromatic carbocycles. The molecule has 0 heterocycles. The van der Waals surface area contributed by atoms with Gasteiger partial charge in [-0.1, -0.05) is 26.7 Å². The molecule has 2 aliphatic rings. The van der Waals surface area contributed by atoms with Crippen molar-refractivity contribution in [1.29, 1.82) is 0 Å². The van der Waals surface area contributed by atoms with E-state index in [2.05, 4.69) is 25.8 Å². The van der Waals surface area contributed by atoms with Crippen LogP contribution in [0.1, 0.15) is 78.1 Å². The van der Waals surface area contributed by atoms with E-state index in [1.807, 2.05) is 0 Å². The predicted octanol–water partition coefficient (Wildman–Crippen LogP) is 4.18. The molecule has 2 N–H and O–H groups in total. The summed E-state index contributed by atoms with van der Waals surface area (Å²) in [5.74, 6) is 1.91. The van der Waals surface area contributed by atoms with Crippen LogP contribution in [0.25, 0.3) is 0 Å². The maximum absolute atomic E-state index is 6.25. The van der Waals surface area contributed by atoms with Crippen LogP contribution in [0.5, 0.6) is 0 Å². The maximum Gasteiger partial charge on any atom is 0.0331 e. The summed E-state index contributed by atoms with van der Waals surface area (Å²) in [6.45, 7) is 5.58. The Labute approximate surface area is 126 Å². The zero-order valence-electron chi connectivity index (χ0n) is 14.0. The van der Waals surface area contributed by atoms with Crippen LogP contribution in [0.15, 0.2) is 0 Å². The lowest BCUT2D eigenvalue weighted by Gasteiger charge is -2.50. The van der Waals surface area contributed by atoms with Crippen LogP contribution in [0.3, 0.4) is 0 Å². The van der Waals surface area contributed by atoms with Gasteiger partial charge in [-0.3, -0.25) is 4.90 Å². The van der Waals surface area contributed by atoms with Crippen molar-refractivity contribution in [2.45, 2.75) is 89.6 Å². The summed E-state index contributed by atoms with van der Waals surface area (Å²) < 4.78 is 0. The van der Waals surface area contributed by atoms with Gasteiger partial charge < -0.3 is 5.73 Å². The number of hydrogen-bond donors (Lipinski definition) is 1. The molecule has 2 aliphatic carbocycles. The molecule has 2 rings (SSSR count). The Morgan fingerprint density at radius 2 is 1.65 bits per heavy atom. The lowest BCUT2D eigenvalue weighted by atomic mass is 9.73. The highest BCUT2D eigenvalue weighted by Gasteiger charge is 2.40. The highest BCUT2D eigenvalue weighted by molar-refractivity contribution is 4.97. The molecule has 0 radical (unpaired) electrons. The van der Waals surface area contributed by atoms with Crippen molar-refractivity contribution in [3.05, 3.63) is 0 Å². The molecule has 0 spiro atoms. The molecule has 20 heavy (non-hydrogen) atoms. The van der Waals surface area contributed by atoms with Gasteiger partial charge >= 0.3 is 0 Å². The van der Waals surface area contributed by atoms with Crippen LogP contribution in [0.2, 0.25) is 0 Å². The molecule has 2 nitrogen and oxygen atoms in total. The summed E-state index contributed by atoms with van der Waals surface area (Å²) in [7, 11) is 2.37. The molecule has 0 bridgehead atoms. The molecule has 2 heteroatoms. The molecule has 0 aliphatic heterocycles. The molecule has 0 saturated heterocycles. The topological polar surface area (TPSA) is 29.3 Å². The third-order valence-electron chi connectivity index (χ3n) is 6.39. The van der Waals surface area contributed by atoms with E-state index in [9.17, 15) is 0 Å². The first-order valence-electron chi connectivity index (χ1n) is 9.04. The molecule has 0 unspecified atom stereocenters. The first-order chi connectivity index (χ1) is 9.61. The van der Waals surface area contributed by atoms with E-state index in [-0.39, 0.29) is 0 Å². The summed E-state index contributed by atoms with van der Waals surface area (Å²) in [5, 5.41) is 0. The fraction of sp³-hybridized carbons (Fsp3) is 1.00. The smallest absolute Gasteiger partial charge is 0.0331 e. The van der Waals surface area contributed by atoms with E-state index in [0.717, 1.165) is 24.4 Å². The van der Waals surface area contributed by atoms with Crippen molar-refractivity contribution in [3.63, 3.8) is 0 Å². The second kappa shape index (κ2) is 7.26. The van der Waals surface area contributed by atoms with E-state index < -0.39 is 0 Å². The van der Waals surface area contributed by atoms with Crippen LogP contribution >= 0.6 is 0 Å². The Morgan fingerprint density at radius 3 is 2.15 bits per heavy atom. The Bertz CT molecular complexity index is 273. The molecule has 118 valence electrons. The molecule has 0 aromatic heterocycles. The number of nitrogens with zero attached hydrogens (tertiary/aromatic N) is 1. The van der Waals surface area contributed by atoms with Crippen LogP contribution in [-0.4, -0.2) is 30.1 Å². The Kier molecular flexibility index (Phi) is 5.92. The first kappa shape index (κ1) is 16.3. The van der Waals surface area contributed by atoms with Gasteiger partial charge in [0, 0.05) is 18.1 Å². The summed E-state index contributed by atoms with van der Waals surface area (Å²) in [4.78, 5) is 2.71. The van der Waals surface area contributed by atoms with Gasteiger partial charge in [-0.2, -0.15) is 0 Å². The highest BCUT2D eigenvalue weighted by atomic mass is 15.2. The number of likely N-dealkylation sites (N-methyl/N-ethyl adjacent to an activating group) is 1. The molecular weight excluding hydrogens is 244 g/mol. The zero-order chi connectivity index (χ0) is 14.6. The van der Waals surface area contributed by atoms with Gasteiger partial charge in [0.25, 0.3) is 0 Å². The third kappa shape index (κ3) is 3.57. The van der Waals surface area contributed by atoms with Crippen molar-refractivity contribution >= 4 is 0 Å². The van der Waals surface area contributed by atoms with Crippen molar-refractivity contribution in [2.24, 2.45) is 17.6 Å². The quantitative estimate of drug-likeness (QED) is 0.818. The van der Waals surface area contributed by atoms with E-state index >= 15 is 0 Å². The normalized spacial score (nSPS) is 39.1. The summed E-state index contributed by atoms with van der Waals surface area (Å²) in [6.07, 6.45) is 13.8. The average molecular weight is 281 g/mol. The van der Waals surface area contributed by atoms with E-state index in [4.69, 9.17) is 5.73 Å². The molecule has 0 amide bonds. The monoisotopic (exact) mass is 280 g/mol. The Balaban J connectivity index is 1.93. The summed E-state index contributed by atoms with van der Waals surface area (Å²) in [5.41, 5.74) is 6.57. The fourth-order valence-electron chi connectivity index (χ4n) is 4.63. The van der Waals surface area contributed by atoms with Gasteiger partial charge in [0.15, 0.2) is 0 Å². The van der Waals surface area contributed by atoms with Gasteiger partial charge in [0.2, 0.25) is 0 Å². The van der Waals surface area contributed by atoms with Gasteiger partial charge in [0.05, 0.1) is 0 Å². The molecule has 0 atom stereocenters. The van der Waals surface area contributed by atoms with Gasteiger partial charge in [-0.15, -0.1) is 0 Å². The molecular formula is C18H36N2. The average Bonchev–Trinajstić information content (AvgIpc) is 2.49. The Morgan fingerprint density at radius 1 is 1.05 bits per heavy atom. The second-order valence-corrected chi connectivity index (χ2v) is 7.69. The maximum atomic E-state index is 6.25. The van der Waals surface area contributed by atoms with Crippen molar-refractivity contribution < 1.29 is 0 Å². The van der Waals surface area contributed by atoms with Crippen LogP contribution in [-0.2, 0) is 0 Å². The van der Waals surface area contributed by atoms with Crippen molar-refractivity contribution in [3.8, 4) is 0 Å². The van der Waals surface area contributed by atoms with E-state index in [1.165, 1.54) is 64.2 Å². The number of rotatable bonds is 5. The third-order valence-corrected chi connectivity index (χ3v) is 6.39. The largest absolute Gasteiger partial charge is 0.329 e. The van der Waals surface area contributed by atoms with Gasteiger partial charge in [-0.25, -0.2) is 0 Å². The summed E-state index contributed by atoms with van der Waals surface area (Å²) >= 11 is 0. The minimum atomic E-state index is 0.315. The van der Waals surface area contributed by atoms with Crippen LogP contribution in [0.4, 0.5) is 0 Å². The lowest BCUT2D eigenvalue weighted by molar-refractivity contribution is 0.0117. The van der Waals surface area contributed by atoms with Gasteiger partial charge in [-0.05, 0) is 70.3 Å². The Hall–Kier alpha value is -0.0800. The highest BCUT2D eigenvalue weighted by Crippen LogP contribution is 2.40. The van der Waals surface area contributed by atoms with E-state index in [0.29, 0.717) is 5.54 Å². The van der Waals surface area contributed by atoms with E-state index in [1.54, 1.807) is 0 Å². The molecule has 2 fully saturated rings.